The van der Waals surface area contributed by atoms with Crippen LogP contribution in [-0.4, -0.2) is 34.3 Å². The summed E-state index contributed by atoms with van der Waals surface area (Å²) in [5, 5.41) is 11.9. The molecule has 0 spiro atoms. The van der Waals surface area contributed by atoms with E-state index in [0.717, 1.165) is 31.6 Å². The molecule has 0 fully saturated rings. The van der Waals surface area contributed by atoms with E-state index in [9.17, 15) is 14.7 Å². The number of aryl methyl sites for hydroxylation is 2. The van der Waals surface area contributed by atoms with E-state index in [4.69, 9.17) is 4.74 Å². The summed E-state index contributed by atoms with van der Waals surface area (Å²) in [6, 6.07) is 11.7. The number of thiophene rings is 1. The van der Waals surface area contributed by atoms with Crippen LogP contribution in [-0.2, 0) is 16.6 Å². The molecule has 1 unspecified atom stereocenters. The third-order valence-electron chi connectivity index (χ3n) is 5.39. The lowest BCUT2D eigenvalue weighted by Gasteiger charge is -2.19. The van der Waals surface area contributed by atoms with Gasteiger partial charge in [0.1, 0.15) is 4.83 Å². The lowest BCUT2D eigenvalue weighted by molar-refractivity contribution is -0.139. The maximum Gasteiger partial charge on any atom is 0.311 e. The molecule has 0 aliphatic rings. The van der Waals surface area contributed by atoms with E-state index in [1.54, 1.807) is 17.8 Å². The van der Waals surface area contributed by atoms with Gasteiger partial charge < -0.3 is 14.4 Å². The molecule has 0 aliphatic carbocycles. The highest BCUT2D eigenvalue weighted by Crippen LogP contribution is 2.42. The highest BCUT2D eigenvalue weighted by Gasteiger charge is 2.30. The first-order chi connectivity index (χ1) is 14.4. The van der Waals surface area contributed by atoms with Crippen LogP contribution in [0.1, 0.15) is 23.6 Å². The van der Waals surface area contributed by atoms with Crippen molar-refractivity contribution in [3.8, 4) is 11.1 Å². The van der Waals surface area contributed by atoms with Crippen LogP contribution in [0.4, 0.5) is 0 Å². The Morgan fingerprint density at radius 1 is 1.27 bits per heavy atom. The molecule has 3 aromatic heterocycles. The van der Waals surface area contributed by atoms with Crippen molar-refractivity contribution < 1.29 is 14.6 Å². The summed E-state index contributed by atoms with van der Waals surface area (Å²) in [5.74, 6) is -2.02. The van der Waals surface area contributed by atoms with Crippen LogP contribution in [0, 0.1) is 6.92 Å². The van der Waals surface area contributed by atoms with Gasteiger partial charge in [-0.1, -0.05) is 24.3 Å². The monoisotopic (exact) mass is 422 g/mol. The molecule has 1 N–H and O–H groups in total. The Bertz CT molecular complexity index is 1310. The molecule has 7 heteroatoms. The number of pyridine rings is 2. The maximum absolute atomic E-state index is 13.5. The van der Waals surface area contributed by atoms with E-state index < -0.39 is 11.9 Å². The molecular weight excluding hydrogens is 400 g/mol. The van der Waals surface area contributed by atoms with E-state index in [1.165, 1.54) is 18.4 Å². The van der Waals surface area contributed by atoms with E-state index in [0.29, 0.717) is 5.56 Å². The Balaban J connectivity index is 2.19. The van der Waals surface area contributed by atoms with Gasteiger partial charge in [-0.05, 0) is 25.5 Å². The lowest BCUT2D eigenvalue weighted by Crippen LogP contribution is -2.28. The van der Waals surface area contributed by atoms with Gasteiger partial charge in [0.2, 0.25) is 0 Å². The number of methoxy groups -OCH3 is 1. The van der Waals surface area contributed by atoms with Crippen LogP contribution in [0.3, 0.4) is 0 Å². The van der Waals surface area contributed by atoms with Gasteiger partial charge in [-0.2, -0.15) is 0 Å². The minimum Gasteiger partial charge on any atom is -0.481 e. The number of carboxylic acid groups (broad SMARTS) is 1. The first kappa shape index (κ1) is 20.3. The molecule has 0 saturated carbocycles. The smallest absolute Gasteiger partial charge is 0.311 e. The summed E-state index contributed by atoms with van der Waals surface area (Å²) in [6.07, 6.45) is 1.93. The number of ether oxygens (including phenoxy) is 1. The Kier molecular flexibility index (Phi) is 5.40. The number of hydrogen-bond donors (Lipinski definition) is 1. The maximum atomic E-state index is 13.5. The van der Waals surface area contributed by atoms with Crippen molar-refractivity contribution in [3.63, 3.8) is 0 Å². The summed E-state index contributed by atoms with van der Waals surface area (Å²) in [6.45, 7) is 2.14. The fourth-order valence-corrected chi connectivity index (χ4v) is 5.06. The third-order valence-corrected chi connectivity index (χ3v) is 6.64. The SMILES string of the molecule is COCCC(C(=O)O)c1c(-c2ccc(C)nc2)c2c3ccccc3sc2n(C)c1=O. The van der Waals surface area contributed by atoms with Crippen LogP contribution in [0.5, 0.6) is 0 Å². The van der Waals surface area contributed by atoms with Gasteiger partial charge in [-0.15, -0.1) is 11.3 Å². The molecule has 1 atom stereocenters. The molecule has 0 amide bonds. The molecule has 0 aliphatic heterocycles. The Labute approximate surface area is 177 Å². The van der Waals surface area contributed by atoms with Gasteiger partial charge in [0.25, 0.3) is 5.56 Å². The number of fused-ring (bicyclic) bond motifs is 3. The molecule has 30 heavy (non-hydrogen) atoms. The third kappa shape index (κ3) is 3.30. The number of benzene rings is 1. The molecule has 0 saturated heterocycles. The van der Waals surface area contributed by atoms with Gasteiger partial charge in [-0.3, -0.25) is 14.6 Å². The average molecular weight is 423 g/mol. The Morgan fingerprint density at radius 3 is 2.70 bits per heavy atom. The fraction of sp³-hybridized carbons (Fsp3) is 0.261. The first-order valence-corrected chi connectivity index (χ1v) is 10.4. The van der Waals surface area contributed by atoms with Crippen molar-refractivity contribution >= 4 is 37.6 Å². The number of carbonyl (C=O) groups is 1. The molecule has 0 bridgehead atoms. The zero-order valence-corrected chi connectivity index (χ0v) is 17.8. The highest BCUT2D eigenvalue weighted by atomic mass is 32.1. The van der Waals surface area contributed by atoms with Gasteiger partial charge >= 0.3 is 5.97 Å². The minimum absolute atomic E-state index is 0.209. The summed E-state index contributed by atoms with van der Waals surface area (Å²) in [5.41, 5.74) is 2.23. The number of aliphatic carboxylic acids is 1. The zero-order chi connectivity index (χ0) is 21.4. The van der Waals surface area contributed by atoms with Gasteiger partial charge in [0.05, 0.1) is 5.92 Å². The molecule has 3 heterocycles. The predicted octanol–water partition coefficient (Wildman–Crippen LogP) is 4.33. The van der Waals surface area contributed by atoms with Crippen molar-refractivity contribution in [1.82, 2.24) is 9.55 Å². The molecule has 6 nitrogen and oxygen atoms in total. The van der Waals surface area contributed by atoms with Gasteiger partial charge in [0, 0.05) is 64.8 Å². The summed E-state index contributed by atoms with van der Waals surface area (Å²) < 4.78 is 7.75. The zero-order valence-electron chi connectivity index (χ0n) is 17.0. The summed E-state index contributed by atoms with van der Waals surface area (Å²) in [4.78, 5) is 30.9. The standard InChI is InChI=1S/C23H22N2O4S/c1-13-8-9-14(12-24-13)18-19(16(23(27)28)10-11-29-3)21(26)25(2)22-20(18)15-6-4-5-7-17(15)30-22/h4-9,12,16H,10-11H2,1-3H3,(H,27,28). The second-order valence-electron chi connectivity index (χ2n) is 7.29. The Hall–Kier alpha value is -3.03. The number of hydrogen-bond acceptors (Lipinski definition) is 5. The van der Waals surface area contributed by atoms with E-state index in [-0.39, 0.29) is 24.2 Å². The number of nitrogens with zero attached hydrogens (tertiary/aromatic N) is 2. The minimum atomic E-state index is -1.04. The number of rotatable bonds is 6. The molecular formula is C23H22N2O4S. The second-order valence-corrected chi connectivity index (χ2v) is 8.32. The van der Waals surface area contributed by atoms with Crippen molar-refractivity contribution in [2.75, 3.05) is 13.7 Å². The normalized spacial score (nSPS) is 12.5. The largest absolute Gasteiger partial charge is 0.481 e. The molecule has 0 radical (unpaired) electrons. The average Bonchev–Trinajstić information content (AvgIpc) is 3.12. The first-order valence-electron chi connectivity index (χ1n) is 9.63. The molecule has 4 rings (SSSR count). The molecule has 154 valence electrons. The van der Waals surface area contributed by atoms with Gasteiger partial charge in [0.15, 0.2) is 0 Å². The van der Waals surface area contributed by atoms with E-state index >= 15 is 0 Å². The van der Waals surface area contributed by atoms with Crippen molar-refractivity contribution in [3.05, 3.63) is 64.2 Å². The van der Waals surface area contributed by atoms with Crippen molar-refractivity contribution in [2.24, 2.45) is 7.05 Å². The second kappa shape index (κ2) is 8.01. The van der Waals surface area contributed by atoms with Crippen LogP contribution < -0.4 is 5.56 Å². The van der Waals surface area contributed by atoms with Crippen LogP contribution in [0.25, 0.3) is 31.4 Å². The molecule has 4 aromatic rings. The quantitative estimate of drug-likeness (QED) is 0.500. The highest BCUT2D eigenvalue weighted by molar-refractivity contribution is 7.25. The number of aromatic nitrogens is 2. The van der Waals surface area contributed by atoms with Crippen LogP contribution in [0.2, 0.25) is 0 Å². The summed E-state index contributed by atoms with van der Waals surface area (Å²) in [7, 11) is 3.23. The van der Waals surface area contributed by atoms with Crippen LogP contribution >= 0.6 is 11.3 Å². The van der Waals surface area contributed by atoms with Crippen LogP contribution in [0.15, 0.2) is 47.4 Å². The fourth-order valence-electron chi connectivity index (χ4n) is 3.89. The molecule has 1 aromatic carbocycles. The lowest BCUT2D eigenvalue weighted by atomic mass is 9.87. The Morgan fingerprint density at radius 2 is 2.03 bits per heavy atom. The predicted molar refractivity (Wildman–Crippen MR) is 119 cm³/mol. The van der Waals surface area contributed by atoms with Crippen molar-refractivity contribution in [2.45, 2.75) is 19.3 Å². The number of carboxylic acids is 1. The van der Waals surface area contributed by atoms with E-state index in [2.05, 4.69) is 4.98 Å². The van der Waals surface area contributed by atoms with Crippen molar-refractivity contribution in [1.29, 1.82) is 0 Å². The van der Waals surface area contributed by atoms with E-state index in [1.807, 2.05) is 43.3 Å². The van der Waals surface area contributed by atoms with Gasteiger partial charge in [-0.25, -0.2) is 0 Å². The summed E-state index contributed by atoms with van der Waals surface area (Å²) >= 11 is 1.53. The topological polar surface area (TPSA) is 81.4 Å².